The number of carbonyl (C=O) groups excluding carboxylic acids is 1. The van der Waals surface area contributed by atoms with Gasteiger partial charge in [-0.3, -0.25) is 4.79 Å². The Morgan fingerprint density at radius 3 is 2.61 bits per heavy atom. The average molecular weight is 405 g/mol. The normalized spacial score (nSPS) is 10.9. The predicted octanol–water partition coefficient (Wildman–Crippen LogP) is 3.30. The third kappa shape index (κ3) is 4.77. The maximum absolute atomic E-state index is 12.1. The molecule has 2 aromatic carbocycles. The summed E-state index contributed by atoms with van der Waals surface area (Å²) < 4.78 is 29.9. The number of rotatable bonds is 7. The van der Waals surface area contributed by atoms with Gasteiger partial charge in [0.25, 0.3) is 0 Å². The van der Waals surface area contributed by atoms with Gasteiger partial charge in [-0.2, -0.15) is 8.78 Å². The number of hydrogen-bond acceptors (Lipinski definition) is 6. The summed E-state index contributed by atoms with van der Waals surface area (Å²) in [5, 5.41) is 11.2. The molecule has 1 heterocycles. The van der Waals surface area contributed by atoms with Crippen molar-refractivity contribution < 1.29 is 18.3 Å². The number of nitrogens with zero attached hydrogens (tertiary/aromatic N) is 3. The van der Waals surface area contributed by atoms with E-state index >= 15 is 0 Å². The lowest BCUT2D eigenvalue weighted by molar-refractivity contribution is -0.113. The van der Waals surface area contributed by atoms with Crippen LogP contribution < -0.4 is 15.9 Å². The number of nitrogen functional groups attached to an aromatic ring is 1. The van der Waals surface area contributed by atoms with Crippen molar-refractivity contribution in [1.29, 1.82) is 0 Å². The van der Waals surface area contributed by atoms with Crippen molar-refractivity contribution in [3.8, 4) is 17.1 Å². The van der Waals surface area contributed by atoms with Crippen LogP contribution in [-0.2, 0) is 4.79 Å². The molecule has 0 saturated heterocycles. The molecular formula is C18H17F2N5O2S. The van der Waals surface area contributed by atoms with E-state index in [1.165, 1.54) is 28.9 Å². The monoisotopic (exact) mass is 405 g/mol. The minimum atomic E-state index is -2.89. The molecule has 0 bridgehead atoms. The highest BCUT2D eigenvalue weighted by molar-refractivity contribution is 7.99. The van der Waals surface area contributed by atoms with Crippen LogP contribution >= 0.6 is 11.8 Å². The molecule has 10 heteroatoms. The Balaban J connectivity index is 1.59. The van der Waals surface area contributed by atoms with E-state index in [4.69, 9.17) is 5.84 Å². The van der Waals surface area contributed by atoms with E-state index in [1.807, 2.05) is 31.2 Å². The van der Waals surface area contributed by atoms with Gasteiger partial charge in [0.2, 0.25) is 11.1 Å². The summed E-state index contributed by atoms with van der Waals surface area (Å²) in [5.41, 5.74) is 2.33. The Morgan fingerprint density at radius 2 is 1.93 bits per heavy atom. The predicted molar refractivity (Wildman–Crippen MR) is 103 cm³/mol. The van der Waals surface area contributed by atoms with Crippen LogP contribution in [0.1, 0.15) is 5.56 Å². The number of nitrogens with two attached hydrogens (primary N) is 1. The highest BCUT2D eigenvalue weighted by Crippen LogP contribution is 2.24. The van der Waals surface area contributed by atoms with Crippen LogP contribution in [0.5, 0.6) is 5.75 Å². The molecule has 0 unspecified atom stereocenters. The number of anilines is 1. The molecule has 0 aliphatic rings. The molecule has 1 aromatic heterocycles. The first-order valence-electron chi connectivity index (χ1n) is 8.18. The zero-order valence-electron chi connectivity index (χ0n) is 14.8. The second-order valence-corrected chi connectivity index (χ2v) is 6.67. The number of ether oxygens (including phenoxy) is 1. The van der Waals surface area contributed by atoms with Gasteiger partial charge >= 0.3 is 6.61 Å². The molecule has 3 rings (SSSR count). The first-order valence-corrected chi connectivity index (χ1v) is 9.16. The third-order valence-corrected chi connectivity index (χ3v) is 4.69. The van der Waals surface area contributed by atoms with Crippen molar-refractivity contribution >= 4 is 23.4 Å². The summed E-state index contributed by atoms with van der Waals surface area (Å²) in [6.45, 7) is -0.947. The molecule has 7 nitrogen and oxygen atoms in total. The van der Waals surface area contributed by atoms with E-state index in [9.17, 15) is 13.6 Å². The molecule has 0 aliphatic carbocycles. The zero-order chi connectivity index (χ0) is 20.1. The van der Waals surface area contributed by atoms with Gasteiger partial charge in [0.05, 0.1) is 5.75 Å². The number of aryl methyl sites for hydroxylation is 1. The van der Waals surface area contributed by atoms with Gasteiger partial charge in [0.1, 0.15) is 5.75 Å². The molecule has 28 heavy (non-hydrogen) atoms. The van der Waals surface area contributed by atoms with Crippen molar-refractivity contribution in [2.75, 3.05) is 16.9 Å². The minimum Gasteiger partial charge on any atom is -0.435 e. The summed E-state index contributed by atoms with van der Waals surface area (Å²) in [4.78, 5) is 12.1. The zero-order valence-corrected chi connectivity index (χ0v) is 15.6. The fraction of sp³-hybridized carbons (Fsp3) is 0.167. The summed E-state index contributed by atoms with van der Waals surface area (Å²) in [5.74, 6) is 6.35. The van der Waals surface area contributed by atoms with Gasteiger partial charge in [-0.15, -0.1) is 10.2 Å². The van der Waals surface area contributed by atoms with E-state index < -0.39 is 6.61 Å². The fourth-order valence-electron chi connectivity index (χ4n) is 2.43. The second-order valence-electron chi connectivity index (χ2n) is 5.73. The van der Waals surface area contributed by atoms with E-state index in [0.29, 0.717) is 16.7 Å². The van der Waals surface area contributed by atoms with Crippen molar-refractivity contribution in [2.45, 2.75) is 18.7 Å². The largest absolute Gasteiger partial charge is 0.435 e. The van der Waals surface area contributed by atoms with Crippen LogP contribution in [0, 0.1) is 6.92 Å². The number of nitrogens with one attached hydrogen (secondary N) is 1. The van der Waals surface area contributed by atoms with Crippen LogP contribution in [0.15, 0.2) is 53.7 Å². The van der Waals surface area contributed by atoms with Gasteiger partial charge in [0.15, 0.2) is 5.82 Å². The maximum Gasteiger partial charge on any atom is 0.387 e. The van der Waals surface area contributed by atoms with Crippen molar-refractivity contribution in [3.05, 3.63) is 54.1 Å². The number of aromatic nitrogens is 3. The molecule has 0 radical (unpaired) electrons. The molecule has 3 N–H and O–H groups in total. The van der Waals surface area contributed by atoms with Gasteiger partial charge < -0.3 is 15.9 Å². The van der Waals surface area contributed by atoms with Gasteiger partial charge in [-0.1, -0.05) is 36.0 Å². The van der Waals surface area contributed by atoms with Gasteiger partial charge in [0, 0.05) is 11.3 Å². The molecule has 0 spiro atoms. The lowest BCUT2D eigenvalue weighted by Gasteiger charge is -2.08. The molecule has 146 valence electrons. The molecule has 0 aliphatic heterocycles. The van der Waals surface area contributed by atoms with Crippen molar-refractivity contribution in [3.63, 3.8) is 0 Å². The van der Waals surface area contributed by atoms with Crippen molar-refractivity contribution in [1.82, 2.24) is 14.9 Å². The lowest BCUT2D eigenvalue weighted by atomic mass is 10.1. The highest BCUT2D eigenvalue weighted by Gasteiger charge is 2.15. The highest BCUT2D eigenvalue weighted by atomic mass is 32.2. The van der Waals surface area contributed by atoms with Gasteiger partial charge in [-0.25, -0.2) is 4.68 Å². The molecule has 3 aromatic rings. The summed E-state index contributed by atoms with van der Waals surface area (Å²) in [6, 6.07) is 13.3. The topological polar surface area (TPSA) is 95.1 Å². The van der Waals surface area contributed by atoms with E-state index in [2.05, 4.69) is 20.3 Å². The van der Waals surface area contributed by atoms with Crippen LogP contribution in [0.4, 0.5) is 14.5 Å². The number of alkyl halides is 2. The summed E-state index contributed by atoms with van der Waals surface area (Å²) >= 11 is 1.14. The summed E-state index contributed by atoms with van der Waals surface area (Å²) in [6.07, 6.45) is 0. The van der Waals surface area contributed by atoms with Crippen LogP contribution in [0.2, 0.25) is 0 Å². The number of amides is 1. The minimum absolute atomic E-state index is 0.0161. The maximum atomic E-state index is 12.1. The standard InChI is InChI=1S/C18H17F2N5O2S/c1-11-4-2-3-5-14(11)16-23-24-18(25(16)21)28-10-15(26)22-12-6-8-13(9-7-12)27-17(19)20/h2-9,17H,10,21H2,1H3,(H,22,26). The first-order chi connectivity index (χ1) is 13.4. The molecule has 0 atom stereocenters. The molecule has 0 saturated carbocycles. The van der Waals surface area contributed by atoms with Crippen molar-refractivity contribution in [2.24, 2.45) is 0 Å². The Labute approximate surface area is 163 Å². The molecule has 1 amide bonds. The quantitative estimate of drug-likeness (QED) is 0.463. The van der Waals surface area contributed by atoms with E-state index in [1.54, 1.807) is 0 Å². The van der Waals surface area contributed by atoms with Gasteiger partial charge in [-0.05, 0) is 36.8 Å². The van der Waals surface area contributed by atoms with Crippen LogP contribution in [0.3, 0.4) is 0 Å². The Kier molecular flexibility index (Phi) is 6.09. The Hall–Kier alpha value is -3.14. The fourth-order valence-corrected chi connectivity index (χ4v) is 3.09. The number of thioether (sulfide) groups is 1. The molecule has 0 fully saturated rings. The average Bonchev–Trinajstić information content (AvgIpc) is 3.02. The third-order valence-electron chi connectivity index (χ3n) is 3.75. The number of carbonyl (C=O) groups is 1. The smallest absolute Gasteiger partial charge is 0.387 e. The number of halogens is 2. The Bertz CT molecular complexity index is 963. The van der Waals surface area contributed by atoms with E-state index in [-0.39, 0.29) is 17.4 Å². The molecular weight excluding hydrogens is 388 g/mol. The number of hydrogen-bond donors (Lipinski definition) is 2. The SMILES string of the molecule is Cc1ccccc1-c1nnc(SCC(=O)Nc2ccc(OC(F)F)cc2)n1N. The number of benzene rings is 2. The van der Waals surface area contributed by atoms with Crippen LogP contribution in [0.25, 0.3) is 11.4 Å². The second kappa shape index (κ2) is 8.70. The first kappa shape index (κ1) is 19.6. The van der Waals surface area contributed by atoms with E-state index in [0.717, 1.165) is 22.9 Å². The summed E-state index contributed by atoms with van der Waals surface area (Å²) in [7, 11) is 0. The van der Waals surface area contributed by atoms with Crippen LogP contribution in [-0.4, -0.2) is 33.1 Å². The Morgan fingerprint density at radius 1 is 1.21 bits per heavy atom. The lowest BCUT2D eigenvalue weighted by Crippen LogP contribution is -2.16.